The summed E-state index contributed by atoms with van der Waals surface area (Å²) in [6, 6.07) is 22.2. The molecule has 12 heteroatoms. The van der Waals surface area contributed by atoms with Gasteiger partial charge in [-0.3, -0.25) is 4.72 Å². The first kappa shape index (κ1) is 28.8. The summed E-state index contributed by atoms with van der Waals surface area (Å²) in [5.41, 5.74) is 2.31. The summed E-state index contributed by atoms with van der Waals surface area (Å²) in [7, 11) is -3.88. The van der Waals surface area contributed by atoms with Crippen molar-refractivity contribution in [2.24, 2.45) is 0 Å². The Kier molecular flexibility index (Phi) is 9.47. The second-order valence-electron chi connectivity index (χ2n) is 8.21. The maximum absolute atomic E-state index is 12.8. The van der Waals surface area contributed by atoms with Crippen molar-refractivity contribution < 1.29 is 17.9 Å². The third-order valence-corrected chi connectivity index (χ3v) is 8.35. The van der Waals surface area contributed by atoms with Gasteiger partial charge in [-0.15, -0.1) is 11.3 Å². The topological polar surface area (TPSA) is 96.5 Å². The predicted molar refractivity (Wildman–Crippen MR) is 163 cm³/mol. The minimum atomic E-state index is -3.88. The fraction of sp³-hybridized carbons (Fsp3) is 0.111. The predicted octanol–water partition coefficient (Wildman–Crippen LogP) is 7.43. The van der Waals surface area contributed by atoms with Gasteiger partial charge < -0.3 is 15.4 Å². The van der Waals surface area contributed by atoms with E-state index in [1.165, 1.54) is 41.7 Å². The Balaban J connectivity index is 1.45. The van der Waals surface area contributed by atoms with Crippen LogP contribution in [-0.4, -0.2) is 26.1 Å². The second kappa shape index (κ2) is 12.8. The number of thiophene rings is 1. The van der Waals surface area contributed by atoms with Crippen LogP contribution in [0.4, 0.5) is 16.4 Å². The van der Waals surface area contributed by atoms with E-state index in [0.717, 1.165) is 10.4 Å². The Morgan fingerprint density at radius 3 is 2.23 bits per heavy atom. The molecule has 0 aliphatic rings. The number of halogens is 2. The molecule has 1 heterocycles. The molecule has 4 aromatic rings. The van der Waals surface area contributed by atoms with Crippen LogP contribution in [0.5, 0.6) is 0 Å². The molecular formula is C27H23Cl2N3O4S3. The van der Waals surface area contributed by atoms with Gasteiger partial charge in [-0.1, -0.05) is 53.5 Å². The van der Waals surface area contributed by atoms with Crippen molar-refractivity contribution in [3.63, 3.8) is 0 Å². The molecule has 7 nitrogen and oxygen atoms in total. The molecule has 3 N–H and O–H groups in total. The molecule has 0 amide bonds. The number of carbonyl (C=O) groups excluding carboxylic acids is 1. The van der Waals surface area contributed by atoms with Gasteiger partial charge in [-0.2, -0.15) is 0 Å². The highest BCUT2D eigenvalue weighted by Crippen LogP contribution is 2.31. The first-order valence-corrected chi connectivity index (χ1v) is 15.1. The molecule has 3 aromatic carbocycles. The highest BCUT2D eigenvalue weighted by molar-refractivity contribution is 7.92. The molecule has 4 rings (SSSR count). The Morgan fingerprint density at radius 1 is 0.923 bits per heavy atom. The van der Waals surface area contributed by atoms with Gasteiger partial charge in [-0.05, 0) is 73.2 Å². The fourth-order valence-corrected chi connectivity index (χ4v) is 6.52. The first-order valence-electron chi connectivity index (χ1n) is 11.6. The zero-order chi connectivity index (χ0) is 28.0. The highest BCUT2D eigenvalue weighted by Gasteiger charge is 2.19. The number of benzene rings is 3. The Hall–Kier alpha value is -3.15. The monoisotopic (exact) mass is 619 g/mol. The van der Waals surface area contributed by atoms with E-state index >= 15 is 0 Å². The number of hydrogen-bond acceptors (Lipinski definition) is 6. The third-order valence-electron chi connectivity index (χ3n) is 5.26. The minimum absolute atomic E-state index is 0.0384. The molecule has 0 spiro atoms. The number of ether oxygens (including phenoxy) is 1. The number of thiocarbonyl (C=S) groups is 1. The van der Waals surface area contributed by atoms with Crippen molar-refractivity contribution in [1.29, 1.82) is 0 Å². The van der Waals surface area contributed by atoms with Crippen LogP contribution in [0.15, 0.2) is 83.8 Å². The van der Waals surface area contributed by atoms with Crippen molar-refractivity contribution in [2.75, 3.05) is 22.0 Å². The van der Waals surface area contributed by atoms with Gasteiger partial charge in [0.25, 0.3) is 10.0 Å². The van der Waals surface area contributed by atoms with Crippen LogP contribution >= 0.6 is 46.8 Å². The van der Waals surface area contributed by atoms with Gasteiger partial charge in [0.1, 0.15) is 5.00 Å². The average Bonchev–Trinajstić information content (AvgIpc) is 3.26. The normalized spacial score (nSPS) is 11.1. The smallest absolute Gasteiger partial charge is 0.341 e. The zero-order valence-corrected chi connectivity index (χ0v) is 24.5. The largest absolute Gasteiger partial charge is 0.462 e. The molecule has 39 heavy (non-hydrogen) atoms. The molecule has 0 radical (unpaired) electrons. The van der Waals surface area contributed by atoms with Crippen LogP contribution < -0.4 is 15.4 Å². The van der Waals surface area contributed by atoms with Crippen LogP contribution in [-0.2, 0) is 21.2 Å². The first-order chi connectivity index (χ1) is 18.6. The van der Waals surface area contributed by atoms with Gasteiger partial charge in [0.15, 0.2) is 5.11 Å². The summed E-state index contributed by atoms with van der Waals surface area (Å²) in [6.45, 7) is 2.00. The van der Waals surface area contributed by atoms with E-state index in [0.29, 0.717) is 32.7 Å². The second-order valence-corrected chi connectivity index (χ2v) is 12.3. The van der Waals surface area contributed by atoms with Gasteiger partial charge >= 0.3 is 5.97 Å². The molecule has 1 aromatic heterocycles. The number of hydrogen-bond donors (Lipinski definition) is 3. The van der Waals surface area contributed by atoms with Crippen molar-refractivity contribution >= 4 is 84.2 Å². The molecule has 0 unspecified atom stereocenters. The molecule has 202 valence electrons. The number of anilines is 3. The SMILES string of the molecule is CCOC(=O)c1cc(Cc2ccccc2)sc1NC(=S)Nc1ccc(S(=O)(=O)Nc2cc(Cl)cc(Cl)c2)cc1. The lowest BCUT2D eigenvalue weighted by Crippen LogP contribution is -2.20. The Labute approximate surface area is 246 Å². The number of esters is 1. The van der Waals surface area contributed by atoms with Crippen LogP contribution in [0.3, 0.4) is 0 Å². The lowest BCUT2D eigenvalue weighted by Gasteiger charge is -2.12. The number of rotatable bonds is 9. The Bertz CT molecular complexity index is 1570. The summed E-state index contributed by atoms with van der Waals surface area (Å²) < 4.78 is 33.3. The van der Waals surface area contributed by atoms with Crippen LogP contribution in [0.25, 0.3) is 0 Å². The molecule has 0 fully saturated rings. The van der Waals surface area contributed by atoms with E-state index in [4.69, 9.17) is 40.2 Å². The maximum Gasteiger partial charge on any atom is 0.341 e. The number of sulfonamides is 1. The van der Waals surface area contributed by atoms with Crippen LogP contribution in [0, 0.1) is 0 Å². The summed E-state index contributed by atoms with van der Waals surface area (Å²) >= 11 is 18.8. The average molecular weight is 621 g/mol. The van der Waals surface area contributed by atoms with Crippen LogP contribution in [0.2, 0.25) is 10.0 Å². The van der Waals surface area contributed by atoms with Crippen molar-refractivity contribution in [3.8, 4) is 0 Å². The van der Waals surface area contributed by atoms with E-state index in [2.05, 4.69) is 15.4 Å². The van der Waals surface area contributed by atoms with Crippen molar-refractivity contribution in [3.05, 3.63) is 105 Å². The molecule has 0 aliphatic carbocycles. The van der Waals surface area contributed by atoms with Gasteiger partial charge in [0, 0.05) is 27.0 Å². The van der Waals surface area contributed by atoms with E-state index in [-0.39, 0.29) is 22.3 Å². The number of carbonyl (C=O) groups is 1. The summed E-state index contributed by atoms with van der Waals surface area (Å²) in [6.07, 6.45) is 0.658. The minimum Gasteiger partial charge on any atom is -0.462 e. The molecule has 0 atom stereocenters. The summed E-state index contributed by atoms with van der Waals surface area (Å²) in [4.78, 5) is 13.6. The summed E-state index contributed by atoms with van der Waals surface area (Å²) in [5.74, 6) is -0.443. The quantitative estimate of drug-likeness (QED) is 0.132. The van der Waals surface area contributed by atoms with Gasteiger partial charge in [0.2, 0.25) is 0 Å². The maximum atomic E-state index is 12.8. The molecule has 0 bridgehead atoms. The van der Waals surface area contributed by atoms with E-state index in [1.54, 1.807) is 25.1 Å². The molecule has 0 aliphatic heterocycles. The lowest BCUT2D eigenvalue weighted by molar-refractivity contribution is 0.0528. The van der Waals surface area contributed by atoms with E-state index in [9.17, 15) is 13.2 Å². The Morgan fingerprint density at radius 2 is 1.59 bits per heavy atom. The van der Waals surface area contributed by atoms with Crippen molar-refractivity contribution in [2.45, 2.75) is 18.2 Å². The molecule has 0 saturated carbocycles. The van der Waals surface area contributed by atoms with E-state index in [1.807, 2.05) is 30.3 Å². The van der Waals surface area contributed by atoms with Crippen LogP contribution in [0.1, 0.15) is 27.7 Å². The zero-order valence-electron chi connectivity index (χ0n) is 20.5. The molecule has 0 saturated heterocycles. The highest BCUT2D eigenvalue weighted by atomic mass is 35.5. The van der Waals surface area contributed by atoms with Crippen molar-refractivity contribution in [1.82, 2.24) is 0 Å². The standard InChI is InChI=1S/C27H23Cl2N3O4S3/c1-2-36-26(33)24-16-22(12-17-6-4-3-5-7-17)38-25(24)31-27(37)30-20-8-10-23(11-9-20)39(34,35)32-21-14-18(28)13-19(29)15-21/h3-11,13-16,32H,2,12H2,1H3,(H2,30,31,37). The van der Waals surface area contributed by atoms with E-state index < -0.39 is 16.0 Å². The lowest BCUT2D eigenvalue weighted by atomic mass is 10.1. The fourth-order valence-electron chi connectivity index (χ4n) is 3.59. The van der Waals surface area contributed by atoms with Gasteiger partial charge in [-0.25, -0.2) is 13.2 Å². The number of nitrogens with one attached hydrogen (secondary N) is 3. The third kappa shape index (κ3) is 7.93. The van der Waals surface area contributed by atoms with Gasteiger partial charge in [0.05, 0.1) is 22.8 Å². The molecular weight excluding hydrogens is 597 g/mol. The summed E-state index contributed by atoms with van der Waals surface area (Å²) in [5, 5.41) is 7.50.